The Bertz CT molecular complexity index is 642. The highest BCUT2D eigenvalue weighted by Gasteiger charge is 2.11. The fourth-order valence-electron chi connectivity index (χ4n) is 2.47. The van der Waals surface area contributed by atoms with Crippen LogP contribution in [-0.2, 0) is 4.79 Å². The molecule has 0 bridgehead atoms. The lowest BCUT2D eigenvalue weighted by atomic mass is 10.0. The molecule has 0 unspecified atom stereocenters. The molecule has 22 heavy (non-hydrogen) atoms. The minimum absolute atomic E-state index is 0.0120. The van der Waals surface area contributed by atoms with E-state index < -0.39 is 0 Å². The lowest BCUT2D eigenvalue weighted by molar-refractivity contribution is -0.118. The first-order valence-corrected chi connectivity index (χ1v) is 7.57. The molecule has 0 fully saturated rings. The van der Waals surface area contributed by atoms with E-state index in [0.717, 1.165) is 28.1 Å². The van der Waals surface area contributed by atoms with Gasteiger partial charge in [0.15, 0.2) is 6.61 Å². The van der Waals surface area contributed by atoms with Gasteiger partial charge in [-0.1, -0.05) is 50.2 Å². The third-order valence-electron chi connectivity index (χ3n) is 3.61. The highest BCUT2D eigenvalue weighted by Crippen LogP contribution is 2.24. The summed E-state index contributed by atoms with van der Waals surface area (Å²) in [4.78, 5) is 12.1. The number of hydrogen-bond donors (Lipinski definition) is 1. The van der Waals surface area contributed by atoms with Gasteiger partial charge in [0.25, 0.3) is 5.91 Å². The Labute approximate surface area is 132 Å². The summed E-state index contributed by atoms with van der Waals surface area (Å²) < 4.78 is 5.69. The Morgan fingerprint density at radius 2 is 1.68 bits per heavy atom. The minimum Gasteiger partial charge on any atom is -0.483 e. The summed E-state index contributed by atoms with van der Waals surface area (Å²) in [5, 5.41) is 2.94. The Morgan fingerprint density at radius 1 is 1.05 bits per heavy atom. The van der Waals surface area contributed by atoms with Crippen LogP contribution in [0.3, 0.4) is 0 Å². The molecule has 0 aliphatic carbocycles. The number of ether oxygens (including phenoxy) is 1. The fourth-order valence-corrected chi connectivity index (χ4v) is 2.47. The van der Waals surface area contributed by atoms with E-state index in [9.17, 15) is 4.79 Å². The largest absolute Gasteiger partial charge is 0.483 e. The second kappa shape index (κ2) is 7.12. The Kier molecular flexibility index (Phi) is 5.21. The van der Waals surface area contributed by atoms with Crippen molar-refractivity contribution in [2.24, 2.45) is 0 Å². The summed E-state index contributed by atoms with van der Waals surface area (Å²) in [6.45, 7) is 8.19. The maximum Gasteiger partial charge on any atom is 0.262 e. The van der Waals surface area contributed by atoms with Gasteiger partial charge in [0.1, 0.15) is 5.75 Å². The average molecular weight is 297 g/mol. The second-order valence-corrected chi connectivity index (χ2v) is 5.80. The molecule has 116 valence electrons. The number of amides is 1. The van der Waals surface area contributed by atoms with Crippen LogP contribution < -0.4 is 10.1 Å². The predicted octanol–water partition coefficient (Wildman–Crippen LogP) is 4.44. The van der Waals surface area contributed by atoms with Crippen molar-refractivity contribution in [1.29, 1.82) is 0 Å². The van der Waals surface area contributed by atoms with Gasteiger partial charge in [0, 0.05) is 5.69 Å². The van der Waals surface area contributed by atoms with Crippen LogP contribution in [-0.4, -0.2) is 12.5 Å². The second-order valence-electron chi connectivity index (χ2n) is 5.80. The topological polar surface area (TPSA) is 38.3 Å². The molecule has 2 aromatic carbocycles. The molecule has 0 saturated carbocycles. The molecule has 0 spiro atoms. The number of carbonyl (C=O) groups excluding carboxylic acids is 1. The van der Waals surface area contributed by atoms with E-state index in [1.54, 1.807) is 0 Å². The van der Waals surface area contributed by atoms with Crippen molar-refractivity contribution >= 4 is 11.6 Å². The molecule has 0 aliphatic heterocycles. The number of rotatable bonds is 5. The Morgan fingerprint density at radius 3 is 2.32 bits per heavy atom. The first-order chi connectivity index (χ1) is 10.5. The Balaban J connectivity index is 2.02. The molecule has 3 nitrogen and oxygen atoms in total. The number of para-hydroxylation sites is 2. The third-order valence-corrected chi connectivity index (χ3v) is 3.61. The van der Waals surface area contributed by atoms with Crippen molar-refractivity contribution in [3.8, 4) is 5.75 Å². The first kappa shape index (κ1) is 16.1. The highest BCUT2D eigenvalue weighted by molar-refractivity contribution is 5.92. The van der Waals surface area contributed by atoms with Gasteiger partial charge in [-0.15, -0.1) is 0 Å². The molecule has 0 atom stereocenters. The minimum atomic E-state index is -0.143. The van der Waals surface area contributed by atoms with Gasteiger partial charge >= 0.3 is 0 Å². The molecule has 0 aliphatic rings. The zero-order valence-corrected chi connectivity index (χ0v) is 13.6. The fraction of sp³-hybridized carbons (Fsp3) is 0.316. The highest BCUT2D eigenvalue weighted by atomic mass is 16.5. The lowest BCUT2D eigenvalue weighted by Crippen LogP contribution is -2.21. The summed E-state index contributed by atoms with van der Waals surface area (Å²) in [7, 11) is 0. The third kappa shape index (κ3) is 3.88. The van der Waals surface area contributed by atoms with Gasteiger partial charge in [-0.2, -0.15) is 0 Å². The van der Waals surface area contributed by atoms with Gasteiger partial charge in [-0.05, 0) is 42.5 Å². The number of aryl methyl sites for hydroxylation is 2. The molecule has 2 rings (SSSR count). The van der Waals surface area contributed by atoms with Crippen LogP contribution in [0.15, 0.2) is 42.5 Å². The maximum atomic E-state index is 12.1. The van der Waals surface area contributed by atoms with Gasteiger partial charge in [-0.3, -0.25) is 4.79 Å². The molecule has 0 radical (unpaired) electrons. The smallest absolute Gasteiger partial charge is 0.262 e. The molecule has 2 aromatic rings. The van der Waals surface area contributed by atoms with Crippen molar-refractivity contribution in [2.75, 3.05) is 11.9 Å². The van der Waals surface area contributed by atoms with Gasteiger partial charge < -0.3 is 10.1 Å². The van der Waals surface area contributed by atoms with E-state index in [-0.39, 0.29) is 12.5 Å². The number of benzene rings is 2. The normalized spacial score (nSPS) is 10.6. The summed E-state index contributed by atoms with van der Waals surface area (Å²) in [6.07, 6.45) is 0. The van der Waals surface area contributed by atoms with E-state index in [2.05, 4.69) is 19.2 Å². The number of anilines is 1. The standard InChI is InChI=1S/C19H23NO2/c1-13(2)16-10-5-6-11-17(16)20-18(21)12-22-19-14(3)8-7-9-15(19)4/h5-11,13H,12H2,1-4H3,(H,20,21). The van der Waals surface area contributed by atoms with Crippen LogP contribution in [0, 0.1) is 13.8 Å². The number of hydrogen-bond acceptors (Lipinski definition) is 2. The SMILES string of the molecule is Cc1cccc(C)c1OCC(=O)Nc1ccccc1C(C)C. The number of nitrogens with one attached hydrogen (secondary N) is 1. The van der Waals surface area contributed by atoms with Crippen molar-refractivity contribution < 1.29 is 9.53 Å². The van der Waals surface area contributed by atoms with Crippen molar-refractivity contribution in [1.82, 2.24) is 0 Å². The van der Waals surface area contributed by atoms with Gasteiger partial charge in [0.05, 0.1) is 0 Å². The van der Waals surface area contributed by atoms with Crippen LogP contribution in [0.4, 0.5) is 5.69 Å². The van der Waals surface area contributed by atoms with E-state index in [4.69, 9.17) is 4.74 Å². The maximum absolute atomic E-state index is 12.1. The molecule has 0 aromatic heterocycles. The first-order valence-electron chi connectivity index (χ1n) is 7.57. The summed E-state index contributed by atoms with van der Waals surface area (Å²) in [5.41, 5.74) is 4.06. The van der Waals surface area contributed by atoms with Crippen molar-refractivity contribution in [3.05, 3.63) is 59.2 Å². The molecule has 0 heterocycles. The lowest BCUT2D eigenvalue weighted by Gasteiger charge is -2.15. The quantitative estimate of drug-likeness (QED) is 0.885. The van der Waals surface area contributed by atoms with Crippen LogP contribution >= 0.6 is 0 Å². The van der Waals surface area contributed by atoms with Crippen LogP contribution in [0.1, 0.15) is 36.5 Å². The zero-order chi connectivity index (χ0) is 16.1. The van der Waals surface area contributed by atoms with E-state index in [0.29, 0.717) is 5.92 Å². The van der Waals surface area contributed by atoms with Crippen LogP contribution in [0.2, 0.25) is 0 Å². The van der Waals surface area contributed by atoms with Crippen LogP contribution in [0.25, 0.3) is 0 Å². The van der Waals surface area contributed by atoms with Gasteiger partial charge in [-0.25, -0.2) is 0 Å². The molecule has 3 heteroatoms. The molecular weight excluding hydrogens is 274 g/mol. The predicted molar refractivity (Wildman–Crippen MR) is 90.6 cm³/mol. The van der Waals surface area contributed by atoms with E-state index in [1.807, 2.05) is 56.3 Å². The summed E-state index contributed by atoms with van der Waals surface area (Å²) in [5.74, 6) is 1.00. The molecule has 0 saturated heterocycles. The Hall–Kier alpha value is -2.29. The zero-order valence-electron chi connectivity index (χ0n) is 13.6. The monoisotopic (exact) mass is 297 g/mol. The average Bonchev–Trinajstić information content (AvgIpc) is 2.47. The summed E-state index contributed by atoms with van der Waals surface area (Å²) in [6, 6.07) is 13.8. The molecular formula is C19H23NO2. The van der Waals surface area contributed by atoms with Crippen LogP contribution in [0.5, 0.6) is 5.75 Å². The van der Waals surface area contributed by atoms with Crippen molar-refractivity contribution in [2.45, 2.75) is 33.6 Å². The summed E-state index contributed by atoms with van der Waals surface area (Å²) >= 11 is 0. The van der Waals surface area contributed by atoms with Crippen molar-refractivity contribution in [3.63, 3.8) is 0 Å². The number of carbonyl (C=O) groups is 1. The molecule has 1 N–H and O–H groups in total. The van der Waals surface area contributed by atoms with Gasteiger partial charge in [0.2, 0.25) is 0 Å². The molecule has 1 amide bonds. The van der Waals surface area contributed by atoms with E-state index >= 15 is 0 Å². The van der Waals surface area contributed by atoms with E-state index in [1.165, 1.54) is 0 Å².